The predicted octanol–water partition coefficient (Wildman–Crippen LogP) is 3.25. The van der Waals surface area contributed by atoms with Crippen LogP contribution in [0.15, 0.2) is 48.7 Å². The number of halogens is 1. The molecular weight excluding hydrogens is 267 g/mol. The fourth-order valence-corrected chi connectivity index (χ4v) is 2.14. The number of nitriles is 1. The van der Waals surface area contributed by atoms with Crippen molar-refractivity contribution in [3.63, 3.8) is 0 Å². The second-order valence-electron chi connectivity index (χ2n) is 4.60. The number of aryl methyl sites for hydroxylation is 1. The molecule has 0 bridgehead atoms. The zero-order valence-electron chi connectivity index (χ0n) is 11.3. The Labute approximate surface area is 121 Å². The Balaban J connectivity index is 2.15. The Bertz CT molecular complexity index is 828. The van der Waals surface area contributed by atoms with E-state index in [4.69, 9.17) is 5.26 Å². The summed E-state index contributed by atoms with van der Waals surface area (Å²) in [6, 6.07) is 13.6. The Morgan fingerprint density at radius 2 is 1.90 bits per heavy atom. The van der Waals surface area contributed by atoms with Crippen molar-refractivity contribution >= 4 is 0 Å². The van der Waals surface area contributed by atoms with E-state index in [1.165, 1.54) is 12.1 Å². The summed E-state index contributed by atoms with van der Waals surface area (Å²) in [7, 11) is 0. The van der Waals surface area contributed by atoms with Gasteiger partial charge in [0.2, 0.25) is 0 Å². The number of rotatable bonds is 2. The van der Waals surface area contributed by atoms with E-state index in [2.05, 4.69) is 10.1 Å². The molecule has 0 fully saturated rings. The molecule has 0 aliphatic carbocycles. The van der Waals surface area contributed by atoms with Gasteiger partial charge in [0.1, 0.15) is 17.6 Å². The fourth-order valence-electron chi connectivity index (χ4n) is 2.14. The summed E-state index contributed by atoms with van der Waals surface area (Å²) in [5.74, 6) is -0.292. The Hall–Kier alpha value is -3.00. The van der Waals surface area contributed by atoms with Crippen molar-refractivity contribution in [1.29, 1.82) is 5.26 Å². The number of nitrogens with zero attached hydrogens (tertiary/aromatic N) is 4. The van der Waals surface area contributed by atoms with Crippen molar-refractivity contribution in [1.82, 2.24) is 14.8 Å². The molecule has 0 spiro atoms. The molecular formula is C16H11FN4. The Morgan fingerprint density at radius 1 is 1.14 bits per heavy atom. The topological polar surface area (TPSA) is 54.5 Å². The van der Waals surface area contributed by atoms with Crippen LogP contribution >= 0.6 is 0 Å². The summed E-state index contributed by atoms with van der Waals surface area (Å²) < 4.78 is 14.8. The van der Waals surface area contributed by atoms with Gasteiger partial charge in [-0.2, -0.15) is 10.4 Å². The van der Waals surface area contributed by atoms with Gasteiger partial charge in [-0.05, 0) is 49.4 Å². The van der Waals surface area contributed by atoms with E-state index in [1.54, 1.807) is 29.1 Å². The summed E-state index contributed by atoms with van der Waals surface area (Å²) >= 11 is 0. The molecule has 5 heteroatoms. The van der Waals surface area contributed by atoms with Crippen molar-refractivity contribution in [2.75, 3.05) is 0 Å². The van der Waals surface area contributed by atoms with Gasteiger partial charge in [-0.3, -0.25) is 0 Å². The van der Waals surface area contributed by atoms with Crippen LogP contribution in [0.5, 0.6) is 0 Å². The maximum absolute atomic E-state index is 13.1. The minimum absolute atomic E-state index is 0.292. The van der Waals surface area contributed by atoms with Crippen LogP contribution in [0.3, 0.4) is 0 Å². The smallest absolute Gasteiger partial charge is 0.141 e. The highest BCUT2D eigenvalue weighted by molar-refractivity contribution is 5.63. The van der Waals surface area contributed by atoms with Crippen molar-refractivity contribution in [2.45, 2.75) is 6.92 Å². The number of aromatic nitrogens is 3. The first kappa shape index (κ1) is 13.0. The maximum Gasteiger partial charge on any atom is 0.141 e. The molecule has 0 unspecified atom stereocenters. The van der Waals surface area contributed by atoms with Gasteiger partial charge in [-0.1, -0.05) is 0 Å². The molecule has 0 radical (unpaired) electrons. The molecule has 0 N–H and O–H groups in total. The quantitative estimate of drug-likeness (QED) is 0.723. The maximum atomic E-state index is 13.1. The first-order valence-electron chi connectivity index (χ1n) is 6.36. The zero-order valence-corrected chi connectivity index (χ0v) is 11.3. The molecule has 0 atom stereocenters. The third-order valence-corrected chi connectivity index (χ3v) is 3.07. The third-order valence-electron chi connectivity index (χ3n) is 3.07. The van der Waals surface area contributed by atoms with E-state index in [0.29, 0.717) is 5.69 Å². The van der Waals surface area contributed by atoms with Gasteiger partial charge >= 0.3 is 0 Å². The van der Waals surface area contributed by atoms with Gasteiger partial charge in [0.25, 0.3) is 0 Å². The molecule has 0 saturated heterocycles. The standard InChI is InChI=1S/C16H11FN4/c1-11-8-16(12-6-7-19-14(9-12)10-18)21(20-11)15-4-2-13(17)3-5-15/h2-9H,1H3. The van der Waals surface area contributed by atoms with Crippen LogP contribution in [-0.2, 0) is 0 Å². The minimum atomic E-state index is -0.292. The first-order chi connectivity index (χ1) is 10.2. The molecule has 3 rings (SSSR count). The van der Waals surface area contributed by atoms with Crippen LogP contribution in [0, 0.1) is 24.1 Å². The van der Waals surface area contributed by atoms with Crippen LogP contribution < -0.4 is 0 Å². The summed E-state index contributed by atoms with van der Waals surface area (Å²) in [5.41, 5.74) is 3.61. The molecule has 102 valence electrons. The summed E-state index contributed by atoms with van der Waals surface area (Å²) in [4.78, 5) is 3.96. The molecule has 0 aliphatic rings. The van der Waals surface area contributed by atoms with Gasteiger partial charge in [-0.15, -0.1) is 0 Å². The predicted molar refractivity (Wildman–Crippen MR) is 76.2 cm³/mol. The Morgan fingerprint density at radius 3 is 2.62 bits per heavy atom. The molecule has 21 heavy (non-hydrogen) atoms. The van der Waals surface area contributed by atoms with Crippen LogP contribution in [0.25, 0.3) is 16.9 Å². The molecule has 4 nitrogen and oxygen atoms in total. The summed E-state index contributed by atoms with van der Waals surface area (Å²) in [5, 5.41) is 13.4. The van der Waals surface area contributed by atoms with E-state index in [1.807, 2.05) is 25.1 Å². The van der Waals surface area contributed by atoms with Crippen molar-refractivity contribution < 1.29 is 4.39 Å². The lowest BCUT2D eigenvalue weighted by Gasteiger charge is -2.07. The fraction of sp³-hybridized carbons (Fsp3) is 0.0625. The normalized spacial score (nSPS) is 10.3. The van der Waals surface area contributed by atoms with E-state index in [9.17, 15) is 4.39 Å². The van der Waals surface area contributed by atoms with Crippen LogP contribution in [0.4, 0.5) is 4.39 Å². The average molecular weight is 278 g/mol. The second-order valence-corrected chi connectivity index (χ2v) is 4.60. The van der Waals surface area contributed by atoms with Crippen LogP contribution in [-0.4, -0.2) is 14.8 Å². The number of hydrogen-bond acceptors (Lipinski definition) is 3. The van der Waals surface area contributed by atoms with Crippen LogP contribution in [0.2, 0.25) is 0 Å². The highest BCUT2D eigenvalue weighted by Crippen LogP contribution is 2.24. The first-order valence-corrected chi connectivity index (χ1v) is 6.36. The van der Waals surface area contributed by atoms with E-state index >= 15 is 0 Å². The largest absolute Gasteiger partial charge is 0.246 e. The van der Waals surface area contributed by atoms with Crippen molar-refractivity contribution in [3.8, 4) is 23.0 Å². The molecule has 3 aromatic rings. The summed E-state index contributed by atoms with van der Waals surface area (Å²) in [6.07, 6.45) is 1.59. The van der Waals surface area contributed by atoms with Gasteiger partial charge in [0.05, 0.1) is 17.1 Å². The summed E-state index contributed by atoms with van der Waals surface area (Å²) in [6.45, 7) is 1.88. The van der Waals surface area contributed by atoms with E-state index < -0.39 is 0 Å². The lowest BCUT2D eigenvalue weighted by atomic mass is 10.1. The van der Waals surface area contributed by atoms with Gasteiger partial charge in [-0.25, -0.2) is 14.1 Å². The molecule has 1 aromatic carbocycles. The number of pyridine rings is 1. The van der Waals surface area contributed by atoms with Crippen LogP contribution in [0.1, 0.15) is 11.4 Å². The highest BCUT2D eigenvalue weighted by atomic mass is 19.1. The molecule has 0 amide bonds. The zero-order chi connectivity index (χ0) is 14.8. The SMILES string of the molecule is Cc1cc(-c2ccnc(C#N)c2)n(-c2ccc(F)cc2)n1. The molecule has 0 aliphatic heterocycles. The molecule has 0 saturated carbocycles. The van der Waals surface area contributed by atoms with Crippen molar-refractivity contribution in [3.05, 3.63) is 65.9 Å². The highest BCUT2D eigenvalue weighted by Gasteiger charge is 2.10. The van der Waals surface area contributed by atoms with Gasteiger partial charge in [0, 0.05) is 11.8 Å². The minimum Gasteiger partial charge on any atom is -0.246 e. The van der Waals surface area contributed by atoms with E-state index in [0.717, 1.165) is 22.6 Å². The lowest BCUT2D eigenvalue weighted by molar-refractivity contribution is 0.627. The third kappa shape index (κ3) is 2.51. The second kappa shape index (κ2) is 5.17. The number of benzene rings is 1. The van der Waals surface area contributed by atoms with Crippen molar-refractivity contribution in [2.24, 2.45) is 0 Å². The van der Waals surface area contributed by atoms with Gasteiger partial charge in [0.15, 0.2) is 0 Å². The molecule has 2 heterocycles. The molecule has 2 aromatic heterocycles. The lowest BCUT2D eigenvalue weighted by Crippen LogP contribution is -1.99. The van der Waals surface area contributed by atoms with Gasteiger partial charge < -0.3 is 0 Å². The van der Waals surface area contributed by atoms with E-state index in [-0.39, 0.29) is 5.82 Å². The average Bonchev–Trinajstić information content (AvgIpc) is 2.90. The number of hydrogen-bond donors (Lipinski definition) is 0. The Kier molecular flexibility index (Phi) is 3.20. The monoisotopic (exact) mass is 278 g/mol.